The van der Waals surface area contributed by atoms with Crippen LogP contribution >= 0.6 is 34.2 Å². The van der Waals surface area contributed by atoms with Gasteiger partial charge in [-0.25, -0.2) is 0 Å². The SMILES string of the molecule is C/C(=N/O)c1ccc(NC(=O)c2ccc(I)c(Cl)c2)cc1. The van der Waals surface area contributed by atoms with Crippen LogP contribution in [0.3, 0.4) is 0 Å². The summed E-state index contributed by atoms with van der Waals surface area (Å²) in [6.07, 6.45) is 0. The van der Waals surface area contributed by atoms with Gasteiger partial charge >= 0.3 is 0 Å². The van der Waals surface area contributed by atoms with Gasteiger partial charge in [-0.1, -0.05) is 28.9 Å². The summed E-state index contributed by atoms with van der Waals surface area (Å²) < 4.78 is 0.897. The fourth-order valence-electron chi connectivity index (χ4n) is 1.69. The smallest absolute Gasteiger partial charge is 0.255 e. The number of hydrogen-bond acceptors (Lipinski definition) is 3. The fourth-order valence-corrected chi connectivity index (χ4v) is 2.21. The molecule has 0 saturated heterocycles. The number of nitrogens with one attached hydrogen (secondary N) is 1. The number of carbonyl (C=O) groups is 1. The van der Waals surface area contributed by atoms with Crippen molar-refractivity contribution < 1.29 is 10.0 Å². The van der Waals surface area contributed by atoms with Gasteiger partial charge in [-0.05, 0) is 65.4 Å². The Morgan fingerprint density at radius 3 is 2.38 bits per heavy atom. The normalized spacial score (nSPS) is 11.3. The van der Waals surface area contributed by atoms with Crippen molar-refractivity contribution in [1.82, 2.24) is 0 Å². The summed E-state index contributed by atoms with van der Waals surface area (Å²) in [5.41, 5.74) is 2.45. The van der Waals surface area contributed by atoms with E-state index in [1.54, 1.807) is 49.4 Å². The van der Waals surface area contributed by atoms with Crippen LogP contribution in [0.1, 0.15) is 22.8 Å². The molecule has 0 aliphatic carbocycles. The van der Waals surface area contributed by atoms with Gasteiger partial charge in [0, 0.05) is 14.8 Å². The Morgan fingerprint density at radius 2 is 1.81 bits per heavy atom. The predicted octanol–water partition coefficient (Wildman–Crippen LogP) is 4.40. The molecule has 21 heavy (non-hydrogen) atoms. The van der Waals surface area contributed by atoms with E-state index in [2.05, 4.69) is 33.1 Å². The second-order valence-electron chi connectivity index (χ2n) is 4.35. The first-order chi connectivity index (χ1) is 10.0. The average molecular weight is 415 g/mol. The number of carbonyl (C=O) groups excluding carboxylic acids is 1. The zero-order chi connectivity index (χ0) is 15.4. The molecule has 2 N–H and O–H groups in total. The molecule has 6 heteroatoms. The average Bonchev–Trinajstić information content (AvgIpc) is 2.50. The maximum absolute atomic E-state index is 12.1. The third kappa shape index (κ3) is 3.95. The molecule has 2 aromatic rings. The van der Waals surface area contributed by atoms with Crippen LogP contribution < -0.4 is 5.32 Å². The van der Waals surface area contributed by atoms with Gasteiger partial charge in [0.25, 0.3) is 5.91 Å². The van der Waals surface area contributed by atoms with Crippen LogP contribution in [0.15, 0.2) is 47.6 Å². The molecule has 0 atom stereocenters. The lowest BCUT2D eigenvalue weighted by atomic mass is 10.1. The molecule has 0 spiro atoms. The van der Waals surface area contributed by atoms with Crippen LogP contribution in [-0.4, -0.2) is 16.8 Å². The number of halogens is 2. The fraction of sp³-hybridized carbons (Fsp3) is 0.0667. The molecule has 2 aromatic carbocycles. The number of nitrogens with zero attached hydrogens (tertiary/aromatic N) is 1. The highest BCUT2D eigenvalue weighted by Gasteiger charge is 2.08. The standard InChI is InChI=1S/C15H12ClIN2O2/c1-9(19-21)10-2-5-12(6-3-10)18-15(20)11-4-7-14(17)13(16)8-11/h2-8,21H,1H3,(H,18,20)/b19-9-. The minimum Gasteiger partial charge on any atom is -0.411 e. The zero-order valence-corrected chi connectivity index (χ0v) is 14.0. The van der Waals surface area contributed by atoms with E-state index in [0.717, 1.165) is 9.13 Å². The summed E-state index contributed by atoms with van der Waals surface area (Å²) in [5.74, 6) is -0.228. The van der Waals surface area contributed by atoms with Crippen LogP contribution in [0, 0.1) is 3.57 Å². The van der Waals surface area contributed by atoms with Crippen molar-refractivity contribution >= 4 is 51.5 Å². The van der Waals surface area contributed by atoms with Crippen LogP contribution in [0.25, 0.3) is 0 Å². The van der Waals surface area contributed by atoms with Crippen molar-refractivity contribution in [2.24, 2.45) is 5.16 Å². The highest BCUT2D eigenvalue weighted by atomic mass is 127. The van der Waals surface area contributed by atoms with E-state index in [-0.39, 0.29) is 5.91 Å². The molecule has 108 valence electrons. The molecule has 0 fully saturated rings. The Bertz CT molecular complexity index is 699. The Hall–Kier alpha value is -1.60. The quantitative estimate of drug-likeness (QED) is 0.338. The molecule has 0 unspecified atom stereocenters. The van der Waals surface area contributed by atoms with E-state index in [4.69, 9.17) is 16.8 Å². The largest absolute Gasteiger partial charge is 0.411 e. The third-order valence-corrected chi connectivity index (χ3v) is 4.46. The Morgan fingerprint density at radius 1 is 1.19 bits per heavy atom. The molecule has 0 aliphatic rings. The van der Waals surface area contributed by atoms with Gasteiger partial charge in [0.1, 0.15) is 0 Å². The number of rotatable bonds is 3. The lowest BCUT2D eigenvalue weighted by Gasteiger charge is -2.07. The van der Waals surface area contributed by atoms with E-state index >= 15 is 0 Å². The number of benzene rings is 2. The minimum atomic E-state index is -0.228. The molecule has 0 radical (unpaired) electrons. The summed E-state index contributed by atoms with van der Waals surface area (Å²) in [6.45, 7) is 1.70. The molecule has 1 amide bonds. The molecule has 0 aromatic heterocycles. The number of oxime groups is 1. The van der Waals surface area contributed by atoms with Crippen molar-refractivity contribution in [3.8, 4) is 0 Å². The second kappa shape index (κ2) is 6.91. The summed E-state index contributed by atoms with van der Waals surface area (Å²) in [6, 6.07) is 12.2. The van der Waals surface area contributed by atoms with Crippen molar-refractivity contribution in [2.45, 2.75) is 6.92 Å². The monoisotopic (exact) mass is 414 g/mol. The number of amides is 1. The number of hydrogen-bond donors (Lipinski definition) is 2. The Kier molecular flexibility index (Phi) is 5.19. The topological polar surface area (TPSA) is 61.7 Å². The second-order valence-corrected chi connectivity index (χ2v) is 5.92. The molecule has 4 nitrogen and oxygen atoms in total. The first-order valence-corrected chi connectivity index (χ1v) is 7.52. The van der Waals surface area contributed by atoms with E-state index in [1.165, 1.54) is 0 Å². The van der Waals surface area contributed by atoms with Crippen molar-refractivity contribution in [3.05, 3.63) is 62.2 Å². The number of anilines is 1. The lowest BCUT2D eigenvalue weighted by Crippen LogP contribution is -2.12. The van der Waals surface area contributed by atoms with Gasteiger partial charge in [0.15, 0.2) is 0 Å². The summed E-state index contributed by atoms with van der Waals surface area (Å²) in [7, 11) is 0. The maximum atomic E-state index is 12.1. The van der Waals surface area contributed by atoms with Gasteiger partial charge in [-0.15, -0.1) is 0 Å². The summed E-state index contributed by atoms with van der Waals surface area (Å²) >= 11 is 8.11. The van der Waals surface area contributed by atoms with Crippen LogP contribution in [-0.2, 0) is 0 Å². The van der Waals surface area contributed by atoms with Gasteiger partial charge in [0.05, 0.1) is 10.7 Å². The molecule has 2 rings (SSSR count). The third-order valence-electron chi connectivity index (χ3n) is 2.89. The van der Waals surface area contributed by atoms with Gasteiger partial charge in [-0.3, -0.25) is 4.79 Å². The molecule has 0 bridgehead atoms. The van der Waals surface area contributed by atoms with E-state index in [1.807, 2.05) is 0 Å². The Balaban J connectivity index is 2.14. The molecule has 0 saturated carbocycles. The Labute approximate surface area is 141 Å². The minimum absolute atomic E-state index is 0.228. The summed E-state index contributed by atoms with van der Waals surface area (Å²) in [4.78, 5) is 12.1. The first-order valence-electron chi connectivity index (χ1n) is 6.07. The first kappa shape index (κ1) is 15.8. The maximum Gasteiger partial charge on any atom is 0.255 e. The van der Waals surface area contributed by atoms with Crippen molar-refractivity contribution in [2.75, 3.05) is 5.32 Å². The molecule has 0 aliphatic heterocycles. The zero-order valence-electron chi connectivity index (χ0n) is 11.1. The highest BCUT2D eigenvalue weighted by molar-refractivity contribution is 14.1. The van der Waals surface area contributed by atoms with Crippen molar-refractivity contribution in [3.63, 3.8) is 0 Å². The molecule has 0 heterocycles. The lowest BCUT2D eigenvalue weighted by molar-refractivity contribution is 0.102. The van der Waals surface area contributed by atoms with Gasteiger partial charge in [-0.2, -0.15) is 0 Å². The van der Waals surface area contributed by atoms with Crippen molar-refractivity contribution in [1.29, 1.82) is 0 Å². The predicted molar refractivity (Wildman–Crippen MR) is 92.6 cm³/mol. The van der Waals surface area contributed by atoms with Crippen LogP contribution in [0.5, 0.6) is 0 Å². The van der Waals surface area contributed by atoms with Gasteiger partial charge in [0.2, 0.25) is 0 Å². The highest BCUT2D eigenvalue weighted by Crippen LogP contribution is 2.20. The van der Waals surface area contributed by atoms with E-state index < -0.39 is 0 Å². The van der Waals surface area contributed by atoms with Crippen LogP contribution in [0.2, 0.25) is 5.02 Å². The molecular weight excluding hydrogens is 403 g/mol. The van der Waals surface area contributed by atoms with E-state index in [9.17, 15) is 4.79 Å². The molecular formula is C15H12ClIN2O2. The van der Waals surface area contributed by atoms with Gasteiger partial charge < -0.3 is 10.5 Å². The van der Waals surface area contributed by atoms with Crippen LogP contribution in [0.4, 0.5) is 5.69 Å². The van der Waals surface area contributed by atoms with E-state index in [0.29, 0.717) is 22.0 Å². The summed E-state index contributed by atoms with van der Waals surface area (Å²) in [5, 5.41) is 15.2.